The van der Waals surface area contributed by atoms with Gasteiger partial charge in [-0.3, -0.25) is 4.79 Å². The van der Waals surface area contributed by atoms with Crippen LogP contribution in [0.5, 0.6) is 11.5 Å². The maximum Gasteiger partial charge on any atom is 0.274 e. The van der Waals surface area contributed by atoms with Crippen molar-refractivity contribution in [1.29, 1.82) is 5.26 Å². The van der Waals surface area contributed by atoms with E-state index in [1.807, 2.05) is 30.3 Å². The second-order valence-corrected chi connectivity index (χ2v) is 8.00. The van der Waals surface area contributed by atoms with E-state index in [-0.39, 0.29) is 11.9 Å². The highest BCUT2D eigenvalue weighted by atomic mass is 16.6. The summed E-state index contributed by atoms with van der Waals surface area (Å²) >= 11 is 0. The Kier molecular flexibility index (Phi) is 5.25. The molecule has 32 heavy (non-hydrogen) atoms. The highest BCUT2D eigenvalue weighted by Crippen LogP contribution is 2.34. The first kappa shape index (κ1) is 20.1. The molecule has 0 radical (unpaired) electrons. The quantitative estimate of drug-likeness (QED) is 0.686. The molecule has 1 saturated heterocycles. The number of fused-ring (bicyclic) bond motifs is 1. The lowest BCUT2D eigenvalue weighted by Crippen LogP contribution is -2.45. The topological polar surface area (TPSA) is 106 Å². The number of nitriles is 1. The predicted molar refractivity (Wildman–Crippen MR) is 118 cm³/mol. The van der Waals surface area contributed by atoms with E-state index in [0.717, 1.165) is 29.8 Å². The van der Waals surface area contributed by atoms with E-state index < -0.39 is 0 Å². The Hall–Kier alpha value is -3.83. The first-order valence-corrected chi connectivity index (χ1v) is 10.7. The molecule has 0 spiro atoms. The first-order valence-electron chi connectivity index (χ1n) is 10.7. The van der Waals surface area contributed by atoms with Crippen LogP contribution in [0.2, 0.25) is 0 Å². The van der Waals surface area contributed by atoms with E-state index in [0.29, 0.717) is 49.1 Å². The third-order valence-corrected chi connectivity index (χ3v) is 5.75. The molecular formula is C24H23N5O3. The summed E-state index contributed by atoms with van der Waals surface area (Å²) in [6, 6.07) is 16.7. The Morgan fingerprint density at radius 3 is 2.62 bits per heavy atom. The van der Waals surface area contributed by atoms with Crippen molar-refractivity contribution in [1.82, 2.24) is 14.7 Å². The molecule has 2 aromatic carbocycles. The lowest BCUT2D eigenvalue weighted by molar-refractivity contribution is 0.0702. The third-order valence-electron chi connectivity index (χ3n) is 5.75. The number of nitrogens with zero attached hydrogens (tertiary/aromatic N) is 4. The number of rotatable bonds is 3. The molecule has 162 valence electrons. The monoisotopic (exact) mass is 429 g/mol. The van der Waals surface area contributed by atoms with Gasteiger partial charge in [-0.05, 0) is 43.2 Å². The summed E-state index contributed by atoms with van der Waals surface area (Å²) in [6.45, 7) is 2.20. The van der Waals surface area contributed by atoms with Crippen molar-refractivity contribution in [3.8, 4) is 34.5 Å². The summed E-state index contributed by atoms with van der Waals surface area (Å²) in [4.78, 5) is 15.0. The zero-order valence-corrected chi connectivity index (χ0v) is 17.5. The summed E-state index contributed by atoms with van der Waals surface area (Å²) < 4.78 is 13.1. The molecule has 1 aromatic heterocycles. The fourth-order valence-corrected chi connectivity index (χ4v) is 4.12. The standard InChI is InChI=1S/C24H23N5O3/c25-14-16-3-5-17(6-4-16)21-13-20(24(30)28-9-1-2-18(26)15-28)27-29(21)19-7-8-22-23(12-19)32-11-10-31-22/h3-8,12-13,18H,1-2,9-11,15,26H2. The fourth-order valence-electron chi connectivity index (χ4n) is 4.12. The molecule has 3 aromatic rings. The van der Waals surface area contributed by atoms with Crippen molar-refractivity contribution in [3.63, 3.8) is 0 Å². The Balaban J connectivity index is 1.57. The van der Waals surface area contributed by atoms with E-state index in [4.69, 9.17) is 20.5 Å². The second-order valence-electron chi connectivity index (χ2n) is 8.00. The van der Waals surface area contributed by atoms with Gasteiger partial charge in [0.1, 0.15) is 13.2 Å². The largest absolute Gasteiger partial charge is 0.486 e. The maximum absolute atomic E-state index is 13.2. The molecule has 3 heterocycles. The van der Waals surface area contributed by atoms with Gasteiger partial charge >= 0.3 is 0 Å². The molecule has 0 aliphatic carbocycles. The molecule has 1 fully saturated rings. The molecule has 8 heteroatoms. The van der Waals surface area contributed by atoms with Crippen LogP contribution in [0.25, 0.3) is 16.9 Å². The van der Waals surface area contributed by atoms with Crippen LogP contribution in [0.3, 0.4) is 0 Å². The lowest BCUT2D eigenvalue weighted by Gasteiger charge is -2.30. The van der Waals surface area contributed by atoms with E-state index in [9.17, 15) is 4.79 Å². The van der Waals surface area contributed by atoms with Crippen molar-refractivity contribution >= 4 is 5.91 Å². The van der Waals surface area contributed by atoms with Gasteiger partial charge in [0.15, 0.2) is 17.2 Å². The van der Waals surface area contributed by atoms with Crippen LogP contribution in [0.1, 0.15) is 28.9 Å². The zero-order valence-electron chi connectivity index (χ0n) is 17.5. The number of likely N-dealkylation sites (tertiary alicyclic amines) is 1. The number of carbonyl (C=O) groups excluding carboxylic acids is 1. The third kappa shape index (κ3) is 3.79. The number of hydrogen-bond donors (Lipinski definition) is 1. The minimum Gasteiger partial charge on any atom is -0.486 e. The van der Waals surface area contributed by atoms with Gasteiger partial charge in [0.25, 0.3) is 5.91 Å². The Bertz CT molecular complexity index is 1200. The minimum atomic E-state index is -0.133. The predicted octanol–water partition coefficient (Wildman–Crippen LogP) is 2.75. The number of ether oxygens (including phenoxy) is 2. The number of hydrogen-bond acceptors (Lipinski definition) is 6. The van der Waals surface area contributed by atoms with Gasteiger partial charge in [0, 0.05) is 30.8 Å². The summed E-state index contributed by atoms with van der Waals surface area (Å²) in [6.07, 6.45) is 1.81. The molecular weight excluding hydrogens is 406 g/mol. The van der Waals surface area contributed by atoms with Crippen LogP contribution in [-0.4, -0.2) is 52.9 Å². The zero-order chi connectivity index (χ0) is 22.1. The number of piperidine rings is 1. The molecule has 2 aliphatic rings. The van der Waals surface area contributed by atoms with Gasteiger partial charge in [-0.1, -0.05) is 12.1 Å². The average molecular weight is 429 g/mol. The first-order chi connectivity index (χ1) is 15.6. The van der Waals surface area contributed by atoms with E-state index in [2.05, 4.69) is 11.2 Å². The summed E-state index contributed by atoms with van der Waals surface area (Å²) in [7, 11) is 0. The van der Waals surface area contributed by atoms with E-state index in [1.165, 1.54) is 0 Å². The molecule has 2 N–H and O–H groups in total. The number of aromatic nitrogens is 2. The summed E-state index contributed by atoms with van der Waals surface area (Å²) in [5, 5.41) is 13.8. The van der Waals surface area contributed by atoms with Crippen molar-refractivity contribution in [2.75, 3.05) is 26.3 Å². The van der Waals surface area contributed by atoms with Gasteiger partial charge in [-0.15, -0.1) is 0 Å². The van der Waals surface area contributed by atoms with Crippen LogP contribution in [0.4, 0.5) is 0 Å². The maximum atomic E-state index is 13.2. The smallest absolute Gasteiger partial charge is 0.274 e. The minimum absolute atomic E-state index is 0.00873. The molecule has 1 unspecified atom stereocenters. The van der Waals surface area contributed by atoms with Gasteiger partial charge in [0.05, 0.1) is 23.0 Å². The average Bonchev–Trinajstić information content (AvgIpc) is 3.29. The van der Waals surface area contributed by atoms with E-state index in [1.54, 1.807) is 27.8 Å². The van der Waals surface area contributed by atoms with Gasteiger partial charge in [0.2, 0.25) is 0 Å². The van der Waals surface area contributed by atoms with Gasteiger partial charge in [-0.25, -0.2) is 4.68 Å². The molecule has 1 atom stereocenters. The number of benzene rings is 2. The Labute approximate surface area is 185 Å². The van der Waals surface area contributed by atoms with Crippen LogP contribution in [0, 0.1) is 11.3 Å². The normalized spacial score (nSPS) is 17.6. The second kappa shape index (κ2) is 8.36. The molecule has 2 aliphatic heterocycles. The van der Waals surface area contributed by atoms with E-state index >= 15 is 0 Å². The van der Waals surface area contributed by atoms with Crippen molar-refractivity contribution in [3.05, 3.63) is 59.8 Å². The molecule has 0 bridgehead atoms. The highest BCUT2D eigenvalue weighted by molar-refractivity contribution is 5.93. The molecule has 5 rings (SSSR count). The van der Waals surface area contributed by atoms with Crippen LogP contribution < -0.4 is 15.2 Å². The highest BCUT2D eigenvalue weighted by Gasteiger charge is 2.26. The Morgan fingerprint density at radius 1 is 1.09 bits per heavy atom. The van der Waals surface area contributed by atoms with Gasteiger partial charge < -0.3 is 20.1 Å². The van der Waals surface area contributed by atoms with Gasteiger partial charge in [-0.2, -0.15) is 10.4 Å². The number of nitrogens with two attached hydrogens (primary N) is 1. The van der Waals surface area contributed by atoms with Crippen LogP contribution in [0.15, 0.2) is 48.5 Å². The van der Waals surface area contributed by atoms with Crippen LogP contribution in [-0.2, 0) is 0 Å². The summed E-state index contributed by atoms with van der Waals surface area (Å²) in [5.41, 5.74) is 9.35. The fraction of sp³-hybridized carbons (Fsp3) is 0.292. The molecule has 8 nitrogen and oxygen atoms in total. The summed E-state index contributed by atoms with van der Waals surface area (Å²) in [5.74, 6) is 1.20. The molecule has 0 saturated carbocycles. The number of carbonyl (C=O) groups is 1. The molecule has 1 amide bonds. The van der Waals surface area contributed by atoms with Crippen LogP contribution >= 0.6 is 0 Å². The SMILES string of the molecule is N#Cc1ccc(-c2cc(C(=O)N3CCCC(N)C3)nn2-c2ccc3c(c2)OCCO3)cc1. The number of amides is 1. The van der Waals surface area contributed by atoms with Crippen molar-refractivity contribution < 1.29 is 14.3 Å². The van der Waals surface area contributed by atoms with Crippen molar-refractivity contribution in [2.45, 2.75) is 18.9 Å². The Morgan fingerprint density at radius 2 is 1.88 bits per heavy atom. The van der Waals surface area contributed by atoms with Crippen molar-refractivity contribution in [2.24, 2.45) is 5.73 Å². The lowest BCUT2D eigenvalue weighted by atomic mass is 10.1.